The fourth-order valence-corrected chi connectivity index (χ4v) is 1.71. The van der Waals surface area contributed by atoms with Crippen LogP contribution in [0.15, 0.2) is 35.3 Å². The molecule has 2 rings (SSSR count). The molecule has 0 spiro atoms. The van der Waals surface area contributed by atoms with E-state index in [0.29, 0.717) is 0 Å². The molecule has 0 amide bonds. The van der Waals surface area contributed by atoms with Crippen LogP contribution < -0.4 is 0 Å². The topological polar surface area (TPSA) is 12.4 Å². The second-order valence-electron chi connectivity index (χ2n) is 3.23. The van der Waals surface area contributed by atoms with E-state index < -0.39 is 0 Å². The number of benzene rings is 1. The molecule has 0 aliphatic heterocycles. The third-order valence-electron chi connectivity index (χ3n) is 2.31. The molecule has 13 heavy (non-hydrogen) atoms. The molecule has 1 heteroatoms. The average molecular weight is 171 g/mol. The first-order valence-electron chi connectivity index (χ1n) is 4.65. The Bertz CT molecular complexity index is 386. The lowest BCUT2D eigenvalue weighted by Gasteiger charge is -1.99. The Labute approximate surface area is 78.8 Å². The lowest BCUT2D eigenvalue weighted by molar-refractivity contribution is 1.13. The SMILES string of the molecule is CCN=C1C=C(C)c2ccccc21. The van der Waals surface area contributed by atoms with Gasteiger partial charge in [0.25, 0.3) is 0 Å². The molecule has 0 saturated heterocycles. The summed E-state index contributed by atoms with van der Waals surface area (Å²) in [5.74, 6) is 0. The number of aliphatic imine (C=N–C) groups is 1. The smallest absolute Gasteiger partial charge is 0.0655 e. The summed E-state index contributed by atoms with van der Waals surface area (Å²) < 4.78 is 0. The van der Waals surface area contributed by atoms with Crippen molar-refractivity contribution < 1.29 is 0 Å². The Morgan fingerprint density at radius 2 is 1.85 bits per heavy atom. The molecule has 1 aliphatic rings. The standard InChI is InChI=1S/C12H13N/c1-3-13-12-8-9(2)10-6-4-5-7-11(10)12/h4-8H,3H2,1-2H3. The van der Waals surface area contributed by atoms with Crippen LogP contribution in [0.5, 0.6) is 0 Å². The maximum atomic E-state index is 4.46. The molecule has 0 unspecified atom stereocenters. The first-order chi connectivity index (χ1) is 6.33. The predicted molar refractivity (Wildman–Crippen MR) is 57.2 cm³/mol. The van der Waals surface area contributed by atoms with E-state index in [1.165, 1.54) is 16.7 Å². The summed E-state index contributed by atoms with van der Waals surface area (Å²) in [6.45, 7) is 5.06. The molecule has 66 valence electrons. The maximum absolute atomic E-state index is 4.46. The molecule has 0 radical (unpaired) electrons. The molecule has 0 atom stereocenters. The third-order valence-corrected chi connectivity index (χ3v) is 2.31. The molecular formula is C12H13N. The molecular weight excluding hydrogens is 158 g/mol. The van der Waals surface area contributed by atoms with E-state index in [4.69, 9.17) is 0 Å². The van der Waals surface area contributed by atoms with Gasteiger partial charge in [-0.3, -0.25) is 4.99 Å². The van der Waals surface area contributed by atoms with Crippen LogP contribution >= 0.6 is 0 Å². The minimum Gasteiger partial charge on any atom is -0.285 e. The first-order valence-corrected chi connectivity index (χ1v) is 4.65. The van der Waals surface area contributed by atoms with Crippen molar-refractivity contribution in [2.45, 2.75) is 13.8 Å². The van der Waals surface area contributed by atoms with Crippen molar-refractivity contribution in [2.24, 2.45) is 4.99 Å². The van der Waals surface area contributed by atoms with Crippen molar-refractivity contribution in [2.75, 3.05) is 6.54 Å². The summed E-state index contributed by atoms with van der Waals surface area (Å²) in [6.07, 6.45) is 2.16. The number of rotatable bonds is 1. The summed E-state index contributed by atoms with van der Waals surface area (Å²) in [4.78, 5) is 4.46. The lowest BCUT2D eigenvalue weighted by atomic mass is 10.1. The molecule has 0 heterocycles. The van der Waals surface area contributed by atoms with Crippen molar-refractivity contribution in [3.05, 3.63) is 41.5 Å². The largest absolute Gasteiger partial charge is 0.285 e. The Balaban J connectivity index is 2.56. The van der Waals surface area contributed by atoms with Gasteiger partial charge in [0.1, 0.15) is 0 Å². The molecule has 1 aromatic rings. The molecule has 1 aromatic carbocycles. The molecule has 0 N–H and O–H groups in total. The Morgan fingerprint density at radius 1 is 1.15 bits per heavy atom. The number of fused-ring (bicyclic) bond motifs is 1. The van der Waals surface area contributed by atoms with Crippen LogP contribution in [0.2, 0.25) is 0 Å². The number of hydrogen-bond acceptors (Lipinski definition) is 1. The highest BCUT2D eigenvalue weighted by atomic mass is 14.7. The van der Waals surface area contributed by atoms with Gasteiger partial charge in [0.15, 0.2) is 0 Å². The van der Waals surface area contributed by atoms with Crippen molar-refractivity contribution in [3.63, 3.8) is 0 Å². The van der Waals surface area contributed by atoms with Gasteiger partial charge in [0.05, 0.1) is 5.71 Å². The quantitative estimate of drug-likeness (QED) is 0.616. The van der Waals surface area contributed by atoms with Crippen LogP contribution in [0.4, 0.5) is 0 Å². The van der Waals surface area contributed by atoms with Crippen molar-refractivity contribution in [1.82, 2.24) is 0 Å². The number of nitrogens with zero attached hydrogens (tertiary/aromatic N) is 1. The summed E-state index contributed by atoms with van der Waals surface area (Å²) in [5.41, 5.74) is 5.06. The van der Waals surface area contributed by atoms with Crippen LogP contribution in [0.1, 0.15) is 25.0 Å². The molecule has 0 saturated carbocycles. The Morgan fingerprint density at radius 3 is 2.54 bits per heavy atom. The summed E-state index contributed by atoms with van der Waals surface area (Å²) >= 11 is 0. The third kappa shape index (κ3) is 1.31. The fourth-order valence-electron chi connectivity index (χ4n) is 1.71. The lowest BCUT2D eigenvalue weighted by Crippen LogP contribution is -1.94. The van der Waals surface area contributed by atoms with Crippen LogP contribution in [0.25, 0.3) is 5.57 Å². The van der Waals surface area contributed by atoms with E-state index in [1.54, 1.807) is 0 Å². The van der Waals surface area contributed by atoms with Gasteiger partial charge >= 0.3 is 0 Å². The maximum Gasteiger partial charge on any atom is 0.0655 e. The van der Waals surface area contributed by atoms with Crippen molar-refractivity contribution in [3.8, 4) is 0 Å². The zero-order valence-electron chi connectivity index (χ0n) is 8.04. The van der Waals surface area contributed by atoms with Crippen LogP contribution in [0.3, 0.4) is 0 Å². The van der Waals surface area contributed by atoms with Crippen LogP contribution in [0, 0.1) is 0 Å². The molecule has 1 aliphatic carbocycles. The van der Waals surface area contributed by atoms with E-state index in [1.807, 2.05) is 0 Å². The van der Waals surface area contributed by atoms with Crippen LogP contribution in [-0.4, -0.2) is 12.3 Å². The fraction of sp³-hybridized carbons (Fsp3) is 0.250. The van der Waals surface area contributed by atoms with Gasteiger partial charge < -0.3 is 0 Å². The number of allylic oxidation sites excluding steroid dienone is 2. The highest BCUT2D eigenvalue weighted by Crippen LogP contribution is 2.26. The zero-order chi connectivity index (χ0) is 9.26. The Kier molecular flexibility index (Phi) is 2.01. The normalized spacial score (nSPS) is 17.4. The molecule has 0 fully saturated rings. The second-order valence-corrected chi connectivity index (χ2v) is 3.23. The van der Waals surface area contributed by atoms with E-state index in [2.05, 4.69) is 49.2 Å². The number of hydrogen-bond donors (Lipinski definition) is 0. The van der Waals surface area contributed by atoms with Gasteiger partial charge in [-0.2, -0.15) is 0 Å². The van der Waals surface area contributed by atoms with Gasteiger partial charge in [0.2, 0.25) is 0 Å². The van der Waals surface area contributed by atoms with Gasteiger partial charge in [-0.1, -0.05) is 24.3 Å². The summed E-state index contributed by atoms with van der Waals surface area (Å²) in [7, 11) is 0. The predicted octanol–water partition coefficient (Wildman–Crippen LogP) is 2.91. The minimum atomic E-state index is 0.855. The molecule has 0 bridgehead atoms. The van der Waals surface area contributed by atoms with Gasteiger partial charge in [-0.15, -0.1) is 0 Å². The van der Waals surface area contributed by atoms with Gasteiger partial charge in [-0.05, 0) is 31.1 Å². The Hall–Kier alpha value is -1.37. The highest BCUT2D eigenvalue weighted by molar-refractivity contribution is 6.19. The van der Waals surface area contributed by atoms with Crippen LogP contribution in [-0.2, 0) is 0 Å². The monoisotopic (exact) mass is 171 g/mol. The average Bonchev–Trinajstić information content (AvgIpc) is 2.46. The van der Waals surface area contributed by atoms with E-state index in [-0.39, 0.29) is 0 Å². The van der Waals surface area contributed by atoms with Crippen molar-refractivity contribution >= 4 is 11.3 Å². The second kappa shape index (κ2) is 3.17. The van der Waals surface area contributed by atoms with Gasteiger partial charge in [0, 0.05) is 12.1 Å². The van der Waals surface area contributed by atoms with E-state index in [9.17, 15) is 0 Å². The summed E-state index contributed by atoms with van der Waals surface area (Å²) in [5, 5.41) is 0. The first kappa shape index (κ1) is 8.24. The highest BCUT2D eigenvalue weighted by Gasteiger charge is 2.14. The minimum absolute atomic E-state index is 0.855. The van der Waals surface area contributed by atoms with E-state index >= 15 is 0 Å². The molecule has 1 nitrogen and oxygen atoms in total. The molecule has 0 aromatic heterocycles. The van der Waals surface area contributed by atoms with E-state index in [0.717, 1.165) is 12.3 Å². The van der Waals surface area contributed by atoms with Gasteiger partial charge in [-0.25, -0.2) is 0 Å². The summed E-state index contributed by atoms with van der Waals surface area (Å²) in [6, 6.07) is 8.43. The van der Waals surface area contributed by atoms with Crippen molar-refractivity contribution in [1.29, 1.82) is 0 Å². The zero-order valence-corrected chi connectivity index (χ0v) is 8.04.